The van der Waals surface area contributed by atoms with E-state index < -0.39 is 0 Å². The monoisotopic (exact) mass is 187 g/mol. The first kappa shape index (κ1) is 9.32. The van der Waals surface area contributed by atoms with E-state index >= 15 is 0 Å². The highest BCUT2D eigenvalue weighted by molar-refractivity contribution is 5.81. The van der Waals surface area contributed by atoms with Gasteiger partial charge in [-0.25, -0.2) is 0 Å². The predicted octanol–water partition coefficient (Wildman–Crippen LogP) is 3.78. The molecular weight excluding hydrogens is 170 g/mol. The van der Waals surface area contributed by atoms with Crippen LogP contribution in [0.15, 0.2) is 30.5 Å². The first-order valence-electron chi connectivity index (χ1n) is 5.32. The number of hydrogen-bond acceptors (Lipinski definition) is 0. The van der Waals surface area contributed by atoms with Crippen LogP contribution >= 0.6 is 0 Å². The molecular formula is C13H17N. The lowest BCUT2D eigenvalue weighted by Crippen LogP contribution is -1.97. The second-order valence-electron chi connectivity index (χ2n) is 4.06. The van der Waals surface area contributed by atoms with Crippen molar-refractivity contribution in [3.63, 3.8) is 0 Å². The van der Waals surface area contributed by atoms with Crippen molar-refractivity contribution >= 4 is 10.9 Å². The lowest BCUT2D eigenvalue weighted by molar-refractivity contribution is 0.623. The normalized spacial score (nSPS) is 11.4. The molecule has 1 aromatic heterocycles. The standard InChI is InChI=1S/C13H17N/c1-4-11-5-6-13-12(9-11)7-8-14(13)10(2)3/h5-10H,4H2,1-3H3. The summed E-state index contributed by atoms with van der Waals surface area (Å²) >= 11 is 0. The Morgan fingerprint density at radius 1 is 1.21 bits per heavy atom. The summed E-state index contributed by atoms with van der Waals surface area (Å²) in [6.45, 7) is 6.63. The number of hydrogen-bond donors (Lipinski definition) is 0. The summed E-state index contributed by atoms with van der Waals surface area (Å²) in [5, 5.41) is 1.36. The van der Waals surface area contributed by atoms with Crippen LogP contribution in [0.4, 0.5) is 0 Å². The van der Waals surface area contributed by atoms with Gasteiger partial charge in [-0.3, -0.25) is 0 Å². The van der Waals surface area contributed by atoms with Gasteiger partial charge in [-0.2, -0.15) is 0 Å². The first-order valence-corrected chi connectivity index (χ1v) is 5.32. The Bertz CT molecular complexity index is 437. The van der Waals surface area contributed by atoms with E-state index in [9.17, 15) is 0 Å². The van der Waals surface area contributed by atoms with Crippen molar-refractivity contribution in [1.82, 2.24) is 4.57 Å². The zero-order valence-corrected chi connectivity index (χ0v) is 9.12. The van der Waals surface area contributed by atoms with Crippen LogP contribution < -0.4 is 0 Å². The van der Waals surface area contributed by atoms with Crippen LogP contribution in [0.3, 0.4) is 0 Å². The van der Waals surface area contributed by atoms with Gasteiger partial charge in [0.25, 0.3) is 0 Å². The fourth-order valence-electron chi connectivity index (χ4n) is 1.88. The van der Waals surface area contributed by atoms with E-state index in [1.807, 2.05) is 0 Å². The van der Waals surface area contributed by atoms with Gasteiger partial charge in [0.1, 0.15) is 0 Å². The molecule has 14 heavy (non-hydrogen) atoms. The summed E-state index contributed by atoms with van der Waals surface area (Å²) in [5.41, 5.74) is 2.76. The molecule has 0 amide bonds. The van der Waals surface area contributed by atoms with Gasteiger partial charge < -0.3 is 4.57 Å². The molecule has 0 bridgehead atoms. The minimum atomic E-state index is 0.542. The van der Waals surface area contributed by atoms with Crippen LogP contribution in [-0.2, 0) is 6.42 Å². The zero-order chi connectivity index (χ0) is 10.1. The van der Waals surface area contributed by atoms with Crippen molar-refractivity contribution in [2.24, 2.45) is 0 Å². The van der Waals surface area contributed by atoms with Crippen molar-refractivity contribution in [3.05, 3.63) is 36.0 Å². The highest BCUT2D eigenvalue weighted by Crippen LogP contribution is 2.21. The molecule has 2 aromatic rings. The van der Waals surface area contributed by atoms with Gasteiger partial charge in [0.2, 0.25) is 0 Å². The van der Waals surface area contributed by atoms with Gasteiger partial charge in [-0.05, 0) is 49.4 Å². The van der Waals surface area contributed by atoms with E-state index in [0.717, 1.165) is 6.42 Å². The van der Waals surface area contributed by atoms with E-state index in [-0.39, 0.29) is 0 Å². The van der Waals surface area contributed by atoms with Crippen LogP contribution in [0.5, 0.6) is 0 Å². The van der Waals surface area contributed by atoms with Crippen LogP contribution in [0.1, 0.15) is 32.4 Å². The predicted molar refractivity (Wildman–Crippen MR) is 61.7 cm³/mol. The maximum atomic E-state index is 2.31. The molecule has 0 aliphatic carbocycles. The fourth-order valence-corrected chi connectivity index (χ4v) is 1.88. The average molecular weight is 187 g/mol. The summed E-state index contributed by atoms with van der Waals surface area (Å²) in [6.07, 6.45) is 3.29. The van der Waals surface area contributed by atoms with Gasteiger partial charge in [0, 0.05) is 17.8 Å². The second-order valence-corrected chi connectivity index (χ2v) is 4.06. The minimum Gasteiger partial charge on any atom is -0.345 e. The van der Waals surface area contributed by atoms with E-state index in [1.165, 1.54) is 16.5 Å². The van der Waals surface area contributed by atoms with Crippen molar-refractivity contribution in [2.45, 2.75) is 33.2 Å². The Hall–Kier alpha value is -1.24. The minimum absolute atomic E-state index is 0.542. The third-order valence-corrected chi connectivity index (χ3v) is 2.75. The van der Waals surface area contributed by atoms with Gasteiger partial charge in [-0.1, -0.05) is 13.0 Å². The lowest BCUT2D eigenvalue weighted by atomic mass is 10.1. The van der Waals surface area contributed by atoms with E-state index in [4.69, 9.17) is 0 Å². The molecule has 0 saturated heterocycles. The summed E-state index contributed by atoms with van der Waals surface area (Å²) in [6, 6.07) is 9.48. The van der Waals surface area contributed by atoms with Crippen LogP contribution in [-0.4, -0.2) is 4.57 Å². The molecule has 2 rings (SSSR count). The second kappa shape index (κ2) is 3.49. The number of fused-ring (bicyclic) bond motifs is 1. The highest BCUT2D eigenvalue weighted by atomic mass is 15.0. The fraction of sp³-hybridized carbons (Fsp3) is 0.385. The number of benzene rings is 1. The SMILES string of the molecule is CCc1ccc2c(ccn2C(C)C)c1. The summed E-state index contributed by atoms with van der Waals surface area (Å²) < 4.78 is 2.31. The summed E-state index contributed by atoms with van der Waals surface area (Å²) in [7, 11) is 0. The maximum Gasteiger partial charge on any atom is 0.0482 e. The first-order chi connectivity index (χ1) is 6.72. The maximum absolute atomic E-state index is 2.31. The lowest BCUT2D eigenvalue weighted by Gasteiger charge is -2.09. The quantitative estimate of drug-likeness (QED) is 0.674. The molecule has 1 heterocycles. The molecule has 0 atom stereocenters. The van der Waals surface area contributed by atoms with Crippen molar-refractivity contribution in [3.8, 4) is 0 Å². The van der Waals surface area contributed by atoms with Crippen molar-refractivity contribution in [1.29, 1.82) is 0 Å². The van der Waals surface area contributed by atoms with Gasteiger partial charge >= 0.3 is 0 Å². The molecule has 0 radical (unpaired) electrons. The Balaban J connectivity index is 2.59. The Labute approximate surface area is 85.4 Å². The number of nitrogens with zero attached hydrogens (tertiary/aromatic N) is 1. The van der Waals surface area contributed by atoms with Crippen molar-refractivity contribution in [2.75, 3.05) is 0 Å². The van der Waals surface area contributed by atoms with Gasteiger partial charge in [0.05, 0.1) is 0 Å². The Kier molecular flexibility index (Phi) is 2.32. The summed E-state index contributed by atoms with van der Waals surface area (Å²) in [5.74, 6) is 0. The molecule has 74 valence electrons. The molecule has 0 unspecified atom stereocenters. The Morgan fingerprint density at radius 2 is 2.00 bits per heavy atom. The number of aromatic nitrogens is 1. The van der Waals surface area contributed by atoms with Crippen LogP contribution in [0.2, 0.25) is 0 Å². The average Bonchev–Trinajstić information content (AvgIpc) is 2.59. The third-order valence-electron chi connectivity index (χ3n) is 2.75. The van der Waals surface area contributed by atoms with E-state index in [1.54, 1.807) is 0 Å². The van der Waals surface area contributed by atoms with Crippen molar-refractivity contribution < 1.29 is 0 Å². The Morgan fingerprint density at radius 3 is 2.64 bits per heavy atom. The van der Waals surface area contributed by atoms with E-state index in [0.29, 0.717) is 6.04 Å². The topological polar surface area (TPSA) is 4.93 Å². The molecule has 0 fully saturated rings. The molecule has 1 nitrogen and oxygen atoms in total. The highest BCUT2D eigenvalue weighted by Gasteiger charge is 2.03. The third kappa shape index (κ3) is 1.43. The molecule has 0 spiro atoms. The van der Waals surface area contributed by atoms with Gasteiger partial charge in [-0.15, -0.1) is 0 Å². The molecule has 0 aliphatic heterocycles. The zero-order valence-electron chi connectivity index (χ0n) is 9.12. The smallest absolute Gasteiger partial charge is 0.0482 e. The van der Waals surface area contributed by atoms with Gasteiger partial charge in [0.15, 0.2) is 0 Å². The molecule has 0 N–H and O–H groups in total. The summed E-state index contributed by atoms with van der Waals surface area (Å²) in [4.78, 5) is 0. The molecule has 1 heteroatoms. The number of aryl methyl sites for hydroxylation is 1. The van der Waals surface area contributed by atoms with Crippen LogP contribution in [0.25, 0.3) is 10.9 Å². The number of rotatable bonds is 2. The molecule has 0 aliphatic rings. The van der Waals surface area contributed by atoms with E-state index in [2.05, 4.69) is 55.8 Å². The molecule has 1 aromatic carbocycles. The largest absolute Gasteiger partial charge is 0.345 e. The molecule has 0 saturated carbocycles. The van der Waals surface area contributed by atoms with Crippen LogP contribution in [0, 0.1) is 0 Å².